The number of nitrogens with zero attached hydrogens (tertiary/aromatic N) is 3. The highest BCUT2D eigenvalue weighted by molar-refractivity contribution is 7.89. The Hall–Kier alpha value is -1.71. The predicted molar refractivity (Wildman–Crippen MR) is 71.2 cm³/mol. The van der Waals surface area contributed by atoms with E-state index in [1.807, 2.05) is 6.92 Å². The highest BCUT2D eigenvalue weighted by atomic mass is 32.2. The number of oxazole rings is 1. The van der Waals surface area contributed by atoms with Crippen molar-refractivity contribution in [3.05, 3.63) is 30.2 Å². The zero-order chi connectivity index (χ0) is 14.6. The highest BCUT2D eigenvalue weighted by Gasteiger charge is 2.17. The monoisotopic (exact) mass is 299 g/mol. The van der Waals surface area contributed by atoms with Crippen LogP contribution in [0.15, 0.2) is 27.9 Å². The lowest BCUT2D eigenvalue weighted by Gasteiger charge is -2.01. The number of aromatic nitrogens is 3. The molecule has 0 aromatic carbocycles. The first-order valence-electron chi connectivity index (χ1n) is 6.21. The Morgan fingerprint density at radius 1 is 1.45 bits per heavy atom. The van der Waals surface area contributed by atoms with Gasteiger partial charge in [-0.25, -0.2) is 18.1 Å². The van der Waals surface area contributed by atoms with Gasteiger partial charge in [0.15, 0.2) is 0 Å². The van der Waals surface area contributed by atoms with Crippen LogP contribution in [0.4, 0.5) is 0 Å². The van der Waals surface area contributed by atoms with E-state index in [0.29, 0.717) is 25.4 Å². The van der Waals surface area contributed by atoms with Gasteiger partial charge in [-0.05, 0) is 0 Å². The van der Waals surface area contributed by atoms with E-state index in [2.05, 4.69) is 14.8 Å². The number of nitrogens with two attached hydrogens (primary N) is 1. The van der Waals surface area contributed by atoms with Gasteiger partial charge in [-0.15, -0.1) is 0 Å². The quantitative estimate of drug-likeness (QED) is 0.735. The van der Waals surface area contributed by atoms with Crippen LogP contribution in [0, 0.1) is 0 Å². The van der Waals surface area contributed by atoms with Crippen LogP contribution in [0.5, 0.6) is 0 Å². The van der Waals surface area contributed by atoms with E-state index in [0.717, 1.165) is 5.76 Å². The van der Waals surface area contributed by atoms with Crippen LogP contribution in [-0.4, -0.2) is 29.7 Å². The van der Waals surface area contributed by atoms with Gasteiger partial charge in [0.05, 0.1) is 25.5 Å². The zero-order valence-corrected chi connectivity index (χ0v) is 11.9. The molecule has 2 heterocycles. The standard InChI is InChI=1S/C11H17N5O3S/c1-2-9-5-13-11(19-9)7-15-20(17,18)10-6-14-16(8-10)4-3-12/h5-6,8,15H,2-4,7,12H2,1H3. The first-order valence-corrected chi connectivity index (χ1v) is 7.69. The van der Waals surface area contributed by atoms with E-state index in [4.69, 9.17) is 10.2 Å². The highest BCUT2D eigenvalue weighted by Crippen LogP contribution is 2.09. The summed E-state index contributed by atoms with van der Waals surface area (Å²) < 4.78 is 33.3. The number of sulfonamides is 1. The summed E-state index contributed by atoms with van der Waals surface area (Å²) in [6.45, 7) is 2.80. The summed E-state index contributed by atoms with van der Waals surface area (Å²) in [5.41, 5.74) is 5.38. The smallest absolute Gasteiger partial charge is 0.244 e. The molecule has 0 spiro atoms. The molecule has 0 aliphatic heterocycles. The SMILES string of the molecule is CCc1cnc(CNS(=O)(=O)c2cnn(CCN)c2)o1. The molecule has 0 amide bonds. The molecule has 0 aliphatic rings. The molecule has 0 unspecified atom stereocenters. The number of rotatable bonds is 7. The molecular weight excluding hydrogens is 282 g/mol. The largest absolute Gasteiger partial charge is 0.444 e. The summed E-state index contributed by atoms with van der Waals surface area (Å²) in [6.07, 6.45) is 5.02. The second kappa shape index (κ2) is 6.16. The minimum absolute atomic E-state index is 0.00437. The van der Waals surface area contributed by atoms with E-state index in [1.54, 1.807) is 6.20 Å². The molecule has 0 aliphatic carbocycles. The Morgan fingerprint density at radius 2 is 2.25 bits per heavy atom. The number of nitrogens with one attached hydrogen (secondary N) is 1. The first-order chi connectivity index (χ1) is 9.55. The van der Waals surface area contributed by atoms with Crippen molar-refractivity contribution >= 4 is 10.0 Å². The second-order valence-electron chi connectivity index (χ2n) is 4.13. The summed E-state index contributed by atoms with van der Waals surface area (Å²) >= 11 is 0. The van der Waals surface area contributed by atoms with Gasteiger partial charge in [0, 0.05) is 19.2 Å². The summed E-state index contributed by atoms with van der Waals surface area (Å²) in [5, 5.41) is 3.92. The topological polar surface area (TPSA) is 116 Å². The van der Waals surface area contributed by atoms with Gasteiger partial charge < -0.3 is 10.2 Å². The molecule has 9 heteroatoms. The van der Waals surface area contributed by atoms with Crippen molar-refractivity contribution in [1.29, 1.82) is 0 Å². The van der Waals surface area contributed by atoms with Crippen molar-refractivity contribution in [3.8, 4) is 0 Å². The van der Waals surface area contributed by atoms with E-state index in [1.165, 1.54) is 17.1 Å². The Morgan fingerprint density at radius 3 is 2.90 bits per heavy atom. The molecule has 2 aromatic heterocycles. The van der Waals surface area contributed by atoms with E-state index in [9.17, 15) is 8.42 Å². The Labute approximate surface area is 117 Å². The van der Waals surface area contributed by atoms with Crippen molar-refractivity contribution in [3.63, 3.8) is 0 Å². The Kier molecular flexibility index (Phi) is 4.53. The molecule has 20 heavy (non-hydrogen) atoms. The lowest BCUT2D eigenvalue weighted by Crippen LogP contribution is -2.23. The van der Waals surface area contributed by atoms with Gasteiger partial charge in [0.25, 0.3) is 0 Å². The minimum Gasteiger partial charge on any atom is -0.444 e. The molecule has 0 saturated heterocycles. The maximum Gasteiger partial charge on any atom is 0.244 e. The zero-order valence-electron chi connectivity index (χ0n) is 11.1. The van der Waals surface area contributed by atoms with Crippen molar-refractivity contribution in [2.24, 2.45) is 5.73 Å². The maximum absolute atomic E-state index is 12.0. The lowest BCUT2D eigenvalue weighted by atomic mass is 10.4. The lowest BCUT2D eigenvalue weighted by molar-refractivity contribution is 0.452. The van der Waals surface area contributed by atoms with Gasteiger partial charge in [-0.3, -0.25) is 4.68 Å². The van der Waals surface area contributed by atoms with Crippen molar-refractivity contribution in [2.75, 3.05) is 6.54 Å². The molecule has 2 aromatic rings. The van der Waals surface area contributed by atoms with E-state index >= 15 is 0 Å². The van der Waals surface area contributed by atoms with Gasteiger partial charge in [0.2, 0.25) is 15.9 Å². The fourth-order valence-electron chi connectivity index (χ4n) is 1.57. The summed E-state index contributed by atoms with van der Waals surface area (Å²) in [7, 11) is -3.63. The molecule has 8 nitrogen and oxygen atoms in total. The van der Waals surface area contributed by atoms with Gasteiger partial charge in [0.1, 0.15) is 10.7 Å². The summed E-state index contributed by atoms with van der Waals surface area (Å²) in [6, 6.07) is 0. The molecule has 0 fully saturated rings. The number of aryl methyl sites for hydroxylation is 1. The van der Waals surface area contributed by atoms with Gasteiger partial charge in [-0.1, -0.05) is 6.92 Å². The molecule has 0 atom stereocenters. The van der Waals surface area contributed by atoms with Crippen LogP contribution in [0.3, 0.4) is 0 Å². The molecular formula is C11H17N5O3S. The van der Waals surface area contributed by atoms with Gasteiger partial charge in [-0.2, -0.15) is 5.10 Å². The summed E-state index contributed by atoms with van der Waals surface area (Å²) in [5.74, 6) is 1.05. The van der Waals surface area contributed by atoms with Crippen LogP contribution >= 0.6 is 0 Å². The number of hydrogen-bond acceptors (Lipinski definition) is 6. The summed E-state index contributed by atoms with van der Waals surface area (Å²) in [4.78, 5) is 4.08. The Balaban J connectivity index is 2.02. The van der Waals surface area contributed by atoms with Crippen LogP contribution in [0.2, 0.25) is 0 Å². The van der Waals surface area contributed by atoms with Crippen LogP contribution in [0.25, 0.3) is 0 Å². The molecule has 0 bridgehead atoms. The number of hydrogen-bond donors (Lipinski definition) is 2. The van der Waals surface area contributed by atoms with Crippen LogP contribution < -0.4 is 10.5 Å². The van der Waals surface area contributed by atoms with Crippen LogP contribution in [-0.2, 0) is 29.5 Å². The molecule has 3 N–H and O–H groups in total. The fraction of sp³-hybridized carbons (Fsp3) is 0.455. The average molecular weight is 299 g/mol. The molecule has 2 rings (SSSR count). The third-order valence-corrected chi connectivity index (χ3v) is 4.00. The van der Waals surface area contributed by atoms with Crippen molar-refractivity contribution in [2.45, 2.75) is 31.3 Å². The van der Waals surface area contributed by atoms with Gasteiger partial charge >= 0.3 is 0 Å². The first kappa shape index (κ1) is 14.7. The minimum atomic E-state index is -3.63. The maximum atomic E-state index is 12.0. The van der Waals surface area contributed by atoms with Crippen molar-refractivity contribution in [1.82, 2.24) is 19.5 Å². The third kappa shape index (κ3) is 3.44. The molecule has 0 radical (unpaired) electrons. The van der Waals surface area contributed by atoms with Crippen LogP contribution in [0.1, 0.15) is 18.6 Å². The third-order valence-electron chi connectivity index (χ3n) is 2.64. The average Bonchev–Trinajstić information content (AvgIpc) is 3.06. The normalized spacial score (nSPS) is 11.9. The molecule has 0 saturated carbocycles. The van der Waals surface area contributed by atoms with E-state index < -0.39 is 10.0 Å². The second-order valence-corrected chi connectivity index (χ2v) is 5.89. The molecule has 110 valence electrons. The Bertz CT molecular complexity index is 661. The fourth-order valence-corrected chi connectivity index (χ4v) is 2.50. The van der Waals surface area contributed by atoms with Crippen molar-refractivity contribution < 1.29 is 12.8 Å². The van der Waals surface area contributed by atoms with E-state index in [-0.39, 0.29) is 11.4 Å². The predicted octanol–water partition coefficient (Wildman–Crippen LogP) is -0.129.